The third-order valence-corrected chi connectivity index (χ3v) is 4.77. The Balaban J connectivity index is 1.64. The molecule has 0 aromatic heterocycles. The Labute approximate surface area is 164 Å². The van der Waals surface area contributed by atoms with Crippen LogP contribution in [-0.4, -0.2) is 44.1 Å². The number of para-hydroxylation sites is 1. The summed E-state index contributed by atoms with van der Waals surface area (Å²) in [5.41, 5.74) is 2.15. The lowest BCUT2D eigenvalue weighted by atomic mass is 10.1. The van der Waals surface area contributed by atoms with Gasteiger partial charge in [0, 0.05) is 32.3 Å². The summed E-state index contributed by atoms with van der Waals surface area (Å²) in [7, 11) is 1.41. The minimum Gasteiger partial charge on any atom is -0.494 e. The number of nitriles is 1. The van der Waals surface area contributed by atoms with Crippen LogP contribution in [0.15, 0.2) is 48.5 Å². The Kier molecular flexibility index (Phi) is 6.28. The van der Waals surface area contributed by atoms with Crippen LogP contribution < -0.4 is 9.64 Å². The molecule has 144 valence electrons. The number of amides is 1. The zero-order valence-electron chi connectivity index (χ0n) is 15.8. The van der Waals surface area contributed by atoms with Gasteiger partial charge in [-0.25, -0.2) is 4.39 Å². The van der Waals surface area contributed by atoms with Crippen molar-refractivity contribution in [2.45, 2.75) is 6.42 Å². The van der Waals surface area contributed by atoms with Crippen molar-refractivity contribution in [1.82, 2.24) is 4.90 Å². The summed E-state index contributed by atoms with van der Waals surface area (Å²) in [5, 5.41) is 9.31. The molecule has 1 fully saturated rings. The number of nitrogens with zero attached hydrogens (tertiary/aromatic N) is 3. The molecule has 2 aromatic carbocycles. The molecule has 1 aliphatic heterocycles. The molecule has 3 rings (SSSR count). The molecule has 0 bridgehead atoms. The number of methoxy groups -OCH3 is 1. The zero-order valence-corrected chi connectivity index (χ0v) is 15.8. The van der Waals surface area contributed by atoms with Crippen molar-refractivity contribution in [3.63, 3.8) is 0 Å². The molecule has 1 saturated heterocycles. The molecule has 0 spiro atoms. The van der Waals surface area contributed by atoms with Crippen LogP contribution >= 0.6 is 0 Å². The SMILES string of the molecule is COc1ccc(C=CC(=O)N2CCCN(c3ccccc3C#N)CC2)cc1F. The van der Waals surface area contributed by atoms with E-state index in [0.717, 1.165) is 18.7 Å². The van der Waals surface area contributed by atoms with E-state index in [1.807, 2.05) is 18.2 Å². The molecule has 0 N–H and O–H groups in total. The van der Waals surface area contributed by atoms with Crippen molar-refractivity contribution in [3.05, 3.63) is 65.5 Å². The van der Waals surface area contributed by atoms with Crippen molar-refractivity contribution < 1.29 is 13.9 Å². The van der Waals surface area contributed by atoms with E-state index in [1.54, 1.807) is 23.1 Å². The van der Waals surface area contributed by atoms with Crippen molar-refractivity contribution in [3.8, 4) is 11.8 Å². The fourth-order valence-electron chi connectivity index (χ4n) is 3.28. The monoisotopic (exact) mass is 379 g/mol. The van der Waals surface area contributed by atoms with Gasteiger partial charge in [0.05, 0.1) is 18.4 Å². The van der Waals surface area contributed by atoms with Crippen molar-refractivity contribution in [1.29, 1.82) is 5.26 Å². The topological polar surface area (TPSA) is 56.6 Å². The van der Waals surface area contributed by atoms with Gasteiger partial charge in [0.25, 0.3) is 0 Å². The Morgan fingerprint density at radius 1 is 1.18 bits per heavy atom. The summed E-state index contributed by atoms with van der Waals surface area (Å²) in [5.74, 6) is -0.390. The maximum absolute atomic E-state index is 13.8. The first-order valence-corrected chi connectivity index (χ1v) is 9.17. The van der Waals surface area contributed by atoms with Gasteiger partial charge in [0.1, 0.15) is 6.07 Å². The second kappa shape index (κ2) is 9.05. The number of carbonyl (C=O) groups excluding carboxylic acids is 1. The van der Waals surface area contributed by atoms with Gasteiger partial charge in [-0.15, -0.1) is 0 Å². The first-order chi connectivity index (χ1) is 13.6. The van der Waals surface area contributed by atoms with Gasteiger partial charge in [-0.05, 0) is 42.3 Å². The quantitative estimate of drug-likeness (QED) is 0.764. The Morgan fingerprint density at radius 2 is 2.00 bits per heavy atom. The van der Waals surface area contributed by atoms with Crippen LogP contribution in [0.5, 0.6) is 5.75 Å². The lowest BCUT2D eigenvalue weighted by molar-refractivity contribution is -0.125. The second-order valence-corrected chi connectivity index (χ2v) is 6.52. The first-order valence-electron chi connectivity index (χ1n) is 9.17. The third-order valence-electron chi connectivity index (χ3n) is 4.77. The highest BCUT2D eigenvalue weighted by molar-refractivity contribution is 5.91. The summed E-state index contributed by atoms with van der Waals surface area (Å²) < 4.78 is 18.7. The standard InChI is InChI=1S/C22H22FN3O2/c1-28-21-9-7-17(15-19(21)23)8-10-22(27)26-12-4-11-25(13-14-26)20-6-3-2-5-18(20)16-24/h2-3,5-10,15H,4,11-14H2,1H3. The molecule has 5 nitrogen and oxygen atoms in total. The van der Waals surface area contributed by atoms with E-state index in [0.29, 0.717) is 30.8 Å². The Hall–Kier alpha value is -3.33. The van der Waals surface area contributed by atoms with Crippen molar-refractivity contribution >= 4 is 17.7 Å². The van der Waals surface area contributed by atoms with Gasteiger partial charge >= 0.3 is 0 Å². The number of ether oxygens (including phenoxy) is 1. The molecule has 6 heteroatoms. The molecule has 0 aliphatic carbocycles. The molecular formula is C22H22FN3O2. The largest absolute Gasteiger partial charge is 0.494 e. The van der Waals surface area contributed by atoms with Crippen LogP contribution in [0.3, 0.4) is 0 Å². The summed E-state index contributed by atoms with van der Waals surface area (Å²) >= 11 is 0. The molecule has 1 amide bonds. The van der Waals surface area contributed by atoms with Gasteiger partial charge in [-0.2, -0.15) is 5.26 Å². The first kappa shape index (κ1) is 19.4. The fraction of sp³-hybridized carbons (Fsp3) is 0.273. The van der Waals surface area contributed by atoms with Crippen LogP contribution in [-0.2, 0) is 4.79 Å². The van der Waals surface area contributed by atoms with E-state index in [4.69, 9.17) is 4.74 Å². The number of anilines is 1. The molecule has 0 unspecified atom stereocenters. The van der Waals surface area contributed by atoms with Crippen LogP contribution in [0.4, 0.5) is 10.1 Å². The van der Waals surface area contributed by atoms with E-state index in [2.05, 4.69) is 11.0 Å². The van der Waals surface area contributed by atoms with Gasteiger partial charge in [-0.3, -0.25) is 4.79 Å². The number of hydrogen-bond acceptors (Lipinski definition) is 4. The molecule has 28 heavy (non-hydrogen) atoms. The molecule has 0 atom stereocenters. The lowest BCUT2D eigenvalue weighted by Crippen LogP contribution is -2.34. The highest BCUT2D eigenvalue weighted by Gasteiger charge is 2.19. The average Bonchev–Trinajstić information content (AvgIpc) is 2.98. The van der Waals surface area contributed by atoms with Crippen LogP contribution in [0, 0.1) is 17.1 Å². The van der Waals surface area contributed by atoms with E-state index < -0.39 is 5.82 Å². The maximum Gasteiger partial charge on any atom is 0.246 e. The van der Waals surface area contributed by atoms with Gasteiger partial charge in [0.2, 0.25) is 5.91 Å². The highest BCUT2D eigenvalue weighted by Crippen LogP contribution is 2.21. The van der Waals surface area contributed by atoms with Crippen molar-refractivity contribution in [2.24, 2.45) is 0 Å². The van der Waals surface area contributed by atoms with E-state index >= 15 is 0 Å². The smallest absolute Gasteiger partial charge is 0.246 e. The molecule has 2 aromatic rings. The number of hydrogen-bond donors (Lipinski definition) is 0. The summed E-state index contributed by atoms with van der Waals surface area (Å²) in [4.78, 5) is 16.5. The number of benzene rings is 2. The van der Waals surface area contributed by atoms with E-state index in [1.165, 1.54) is 25.3 Å². The predicted octanol–water partition coefficient (Wildman–Crippen LogP) is 3.46. The minimum atomic E-state index is -0.460. The lowest BCUT2D eigenvalue weighted by Gasteiger charge is -2.24. The third kappa shape index (κ3) is 4.49. The Morgan fingerprint density at radius 3 is 2.75 bits per heavy atom. The molecule has 0 radical (unpaired) electrons. The average molecular weight is 379 g/mol. The minimum absolute atomic E-state index is 0.105. The normalized spacial score (nSPS) is 14.6. The van der Waals surface area contributed by atoms with Gasteiger partial charge in [0.15, 0.2) is 11.6 Å². The van der Waals surface area contributed by atoms with E-state index in [9.17, 15) is 14.4 Å². The Bertz CT molecular complexity index is 920. The fourth-order valence-corrected chi connectivity index (χ4v) is 3.28. The molecule has 1 aliphatic rings. The summed E-state index contributed by atoms with van der Waals surface area (Å²) in [6.45, 7) is 2.66. The highest BCUT2D eigenvalue weighted by atomic mass is 19.1. The molecule has 0 saturated carbocycles. The maximum atomic E-state index is 13.8. The number of carbonyl (C=O) groups is 1. The van der Waals surface area contributed by atoms with Crippen molar-refractivity contribution in [2.75, 3.05) is 38.2 Å². The van der Waals surface area contributed by atoms with Crippen LogP contribution in [0.25, 0.3) is 6.08 Å². The summed E-state index contributed by atoms with van der Waals surface area (Å²) in [6, 6.07) is 14.3. The molecule has 1 heterocycles. The second-order valence-electron chi connectivity index (χ2n) is 6.52. The zero-order chi connectivity index (χ0) is 19.9. The van der Waals surface area contributed by atoms with Crippen LogP contribution in [0.1, 0.15) is 17.5 Å². The van der Waals surface area contributed by atoms with Crippen LogP contribution in [0.2, 0.25) is 0 Å². The van der Waals surface area contributed by atoms with Gasteiger partial charge in [-0.1, -0.05) is 18.2 Å². The van der Waals surface area contributed by atoms with E-state index in [-0.39, 0.29) is 11.7 Å². The number of halogens is 1. The summed E-state index contributed by atoms with van der Waals surface area (Å²) in [6.07, 6.45) is 3.90. The number of rotatable bonds is 4. The predicted molar refractivity (Wildman–Crippen MR) is 107 cm³/mol. The molecular weight excluding hydrogens is 357 g/mol. The van der Waals surface area contributed by atoms with Gasteiger partial charge < -0.3 is 14.5 Å².